The number of nitrogens with one attached hydrogen (secondary N) is 1. The molecule has 0 saturated carbocycles. The summed E-state index contributed by atoms with van der Waals surface area (Å²) >= 11 is 0. The summed E-state index contributed by atoms with van der Waals surface area (Å²) in [5.74, 6) is -0.526. The normalized spacial score (nSPS) is 11.3. The monoisotopic (exact) mass is 433 g/mol. The summed E-state index contributed by atoms with van der Waals surface area (Å²) in [7, 11) is -8.19. The number of amides is 1. The van der Waals surface area contributed by atoms with E-state index in [4.69, 9.17) is 11.1 Å². The van der Waals surface area contributed by atoms with Gasteiger partial charge in [-0.15, -0.1) is 0 Å². The molecule has 0 unspecified atom stereocenters. The zero-order chi connectivity index (χ0) is 21.5. The second kappa shape index (κ2) is 8.91. The molecule has 0 radical (unpaired) electrons. The van der Waals surface area contributed by atoms with Crippen molar-refractivity contribution < 1.29 is 21.6 Å². The molecule has 0 atom stereocenters. The van der Waals surface area contributed by atoms with Crippen LogP contribution < -0.4 is 5.32 Å². The van der Waals surface area contributed by atoms with E-state index in [9.17, 15) is 21.6 Å². The van der Waals surface area contributed by atoms with Crippen LogP contribution in [0.1, 0.15) is 5.56 Å². The molecule has 1 N–H and O–H groups in total. The number of carbonyl (C=O) groups is 1. The van der Waals surface area contributed by atoms with Gasteiger partial charge in [-0.05, 0) is 59.1 Å². The van der Waals surface area contributed by atoms with Crippen LogP contribution in [0, 0.1) is 0 Å². The summed E-state index contributed by atoms with van der Waals surface area (Å²) in [5, 5.41) is 2.50. The minimum atomic E-state index is -4.11. The lowest BCUT2D eigenvalue weighted by atomic mass is 10.2. The third kappa shape index (κ3) is 5.82. The zero-order valence-corrected chi connectivity index (χ0v) is 15.9. The molecule has 2 aromatic rings. The van der Waals surface area contributed by atoms with Crippen molar-refractivity contribution >= 4 is 37.7 Å². The van der Waals surface area contributed by atoms with Crippen molar-refractivity contribution in [1.29, 1.82) is 0 Å². The van der Waals surface area contributed by atoms with Gasteiger partial charge < -0.3 is 5.32 Å². The molecule has 0 aliphatic carbocycles. The molecule has 2 rings (SSSR count). The lowest BCUT2D eigenvalue weighted by Gasteiger charge is -2.03. The second-order valence-corrected chi connectivity index (χ2v) is 8.38. The van der Waals surface area contributed by atoms with Gasteiger partial charge in [0, 0.05) is 30.6 Å². The van der Waals surface area contributed by atoms with Crippen LogP contribution in [0.25, 0.3) is 27.0 Å². The van der Waals surface area contributed by atoms with Gasteiger partial charge in [0.1, 0.15) is 0 Å². The molecule has 0 bridgehead atoms. The van der Waals surface area contributed by atoms with Crippen LogP contribution in [0.2, 0.25) is 0 Å². The molecule has 2 aromatic carbocycles. The summed E-state index contributed by atoms with van der Waals surface area (Å²) in [6.07, 6.45) is 2.60. The van der Waals surface area contributed by atoms with Crippen LogP contribution in [0.5, 0.6) is 0 Å². The lowest BCUT2D eigenvalue weighted by molar-refractivity contribution is -0.111. The summed E-state index contributed by atoms with van der Waals surface area (Å²) < 4.78 is 51.7. The number of azide groups is 2. The standard InChI is InChI=1S/C15H11N7O5S2/c16-19-21-28(24,25)13-6-1-11(2-7-13)3-10-15(23)18-12-4-8-14(9-5-12)29(26,27)22-20-17/h1-10H,(H,18,23). The number of anilines is 1. The highest BCUT2D eigenvalue weighted by molar-refractivity contribution is 7.90. The molecule has 0 aliphatic heterocycles. The van der Waals surface area contributed by atoms with E-state index in [-0.39, 0.29) is 9.79 Å². The number of benzene rings is 2. The van der Waals surface area contributed by atoms with Gasteiger partial charge in [-0.25, -0.2) is 16.8 Å². The van der Waals surface area contributed by atoms with Crippen LogP contribution >= 0.6 is 0 Å². The van der Waals surface area contributed by atoms with Gasteiger partial charge in [0.05, 0.1) is 9.79 Å². The Labute approximate surface area is 164 Å². The van der Waals surface area contributed by atoms with Crippen LogP contribution in [0.4, 0.5) is 5.69 Å². The topological polar surface area (TPSA) is 195 Å². The molecule has 148 valence electrons. The molecular formula is C15H11N7O5S2. The summed E-state index contributed by atoms with van der Waals surface area (Å²) in [5.41, 5.74) is 17.3. The Morgan fingerprint density at radius 2 is 1.28 bits per heavy atom. The molecule has 0 fully saturated rings. The molecular weight excluding hydrogens is 422 g/mol. The van der Waals surface area contributed by atoms with Gasteiger partial charge >= 0.3 is 0 Å². The third-order valence-electron chi connectivity index (χ3n) is 3.31. The smallest absolute Gasteiger partial charge is 0.264 e. The molecule has 29 heavy (non-hydrogen) atoms. The van der Waals surface area contributed by atoms with Crippen LogP contribution in [0.15, 0.2) is 73.4 Å². The second-order valence-electron chi connectivity index (χ2n) is 5.21. The molecule has 0 heterocycles. The van der Waals surface area contributed by atoms with Crippen molar-refractivity contribution in [2.24, 2.45) is 9.04 Å². The van der Waals surface area contributed by atoms with E-state index in [0.717, 1.165) is 0 Å². The van der Waals surface area contributed by atoms with Crippen molar-refractivity contribution in [3.8, 4) is 0 Å². The minimum Gasteiger partial charge on any atom is -0.323 e. The SMILES string of the molecule is [N-]=[N+]=NS(=O)(=O)c1ccc(C=CC(=O)Nc2ccc(S(=O)(=O)N=[N+]=[N-])cc2)cc1. The van der Waals surface area contributed by atoms with Crippen molar-refractivity contribution in [1.82, 2.24) is 0 Å². The van der Waals surface area contributed by atoms with Crippen LogP contribution in [-0.4, -0.2) is 22.7 Å². The third-order valence-corrected chi connectivity index (χ3v) is 5.62. The van der Waals surface area contributed by atoms with Gasteiger partial charge in [-0.1, -0.05) is 12.1 Å². The fourth-order valence-corrected chi connectivity index (χ4v) is 3.35. The Hall–Kier alpha value is -3.83. The highest BCUT2D eigenvalue weighted by Crippen LogP contribution is 2.17. The van der Waals surface area contributed by atoms with Crippen LogP contribution in [-0.2, 0) is 24.8 Å². The van der Waals surface area contributed by atoms with E-state index in [1.807, 2.05) is 0 Å². The van der Waals surface area contributed by atoms with E-state index in [0.29, 0.717) is 11.3 Å². The fourth-order valence-electron chi connectivity index (χ4n) is 2.01. The maximum Gasteiger partial charge on any atom is 0.264 e. The van der Waals surface area contributed by atoms with E-state index in [2.05, 4.69) is 24.2 Å². The Morgan fingerprint density at radius 1 is 0.828 bits per heavy atom. The minimum absolute atomic E-state index is 0.187. The molecule has 0 spiro atoms. The first kappa shape index (κ1) is 21.5. The number of nitrogens with zero attached hydrogens (tertiary/aromatic N) is 6. The predicted molar refractivity (Wildman–Crippen MR) is 103 cm³/mol. The van der Waals surface area contributed by atoms with E-state index < -0.39 is 26.0 Å². The number of sulfonamides is 2. The molecule has 14 heteroatoms. The van der Waals surface area contributed by atoms with Crippen molar-refractivity contribution in [2.75, 3.05) is 5.32 Å². The Kier molecular flexibility index (Phi) is 6.59. The number of rotatable bonds is 7. The van der Waals surface area contributed by atoms with E-state index in [1.165, 1.54) is 60.7 Å². The molecule has 1 amide bonds. The fraction of sp³-hybridized carbons (Fsp3) is 0. The lowest BCUT2D eigenvalue weighted by Crippen LogP contribution is -2.07. The number of carbonyl (C=O) groups excluding carboxylic acids is 1. The molecule has 0 saturated heterocycles. The maximum absolute atomic E-state index is 11.9. The first-order valence-corrected chi connectivity index (χ1v) is 10.4. The van der Waals surface area contributed by atoms with Crippen LogP contribution in [0.3, 0.4) is 0 Å². The Balaban J connectivity index is 2.06. The largest absolute Gasteiger partial charge is 0.323 e. The Bertz CT molecular complexity index is 1260. The zero-order valence-electron chi connectivity index (χ0n) is 14.3. The average molecular weight is 433 g/mol. The van der Waals surface area contributed by atoms with Crippen molar-refractivity contribution in [3.05, 3.63) is 81.1 Å². The van der Waals surface area contributed by atoms with Crippen molar-refractivity contribution in [2.45, 2.75) is 9.79 Å². The van der Waals surface area contributed by atoms with Gasteiger partial charge in [0.2, 0.25) is 5.91 Å². The van der Waals surface area contributed by atoms with Gasteiger partial charge in [-0.2, -0.15) is 0 Å². The first-order valence-electron chi connectivity index (χ1n) is 7.50. The number of hydrogen-bond acceptors (Lipinski definition) is 5. The maximum atomic E-state index is 11.9. The summed E-state index contributed by atoms with van der Waals surface area (Å²) in [6.45, 7) is 0. The summed E-state index contributed by atoms with van der Waals surface area (Å²) in [6, 6.07) is 10.3. The first-order chi connectivity index (χ1) is 13.7. The van der Waals surface area contributed by atoms with Crippen molar-refractivity contribution in [3.63, 3.8) is 0 Å². The molecule has 12 nitrogen and oxygen atoms in total. The summed E-state index contributed by atoms with van der Waals surface area (Å²) in [4.78, 5) is 16.0. The van der Waals surface area contributed by atoms with Gasteiger partial charge in [0.25, 0.3) is 20.0 Å². The predicted octanol–water partition coefficient (Wildman–Crippen LogP) is 3.34. The number of hydrogen-bond donors (Lipinski definition) is 1. The van der Waals surface area contributed by atoms with Gasteiger partial charge in [0.15, 0.2) is 0 Å². The highest BCUT2D eigenvalue weighted by Gasteiger charge is 2.12. The van der Waals surface area contributed by atoms with Gasteiger partial charge in [-0.3, -0.25) is 4.79 Å². The quantitative estimate of drug-likeness (QED) is 0.302. The highest BCUT2D eigenvalue weighted by atomic mass is 32.2. The van der Waals surface area contributed by atoms with E-state index in [1.54, 1.807) is 0 Å². The Morgan fingerprint density at radius 3 is 1.72 bits per heavy atom. The van der Waals surface area contributed by atoms with E-state index >= 15 is 0 Å². The average Bonchev–Trinajstić information content (AvgIpc) is 2.67. The molecule has 0 aromatic heterocycles. The molecule has 0 aliphatic rings.